The number of hydrogen-bond donors (Lipinski definition) is 2. The average Bonchev–Trinajstić information content (AvgIpc) is 3.10. The first-order valence-electron chi connectivity index (χ1n) is 8.76. The first-order chi connectivity index (χ1) is 13.9. The van der Waals surface area contributed by atoms with Crippen LogP contribution in [0.3, 0.4) is 0 Å². The van der Waals surface area contributed by atoms with E-state index in [1.807, 2.05) is 18.2 Å². The van der Waals surface area contributed by atoms with Crippen molar-refractivity contribution < 1.29 is 19.1 Å². The maximum Gasteiger partial charge on any atom is 0.361 e. The second-order valence-electron chi connectivity index (χ2n) is 6.14. The van der Waals surface area contributed by atoms with E-state index in [1.54, 1.807) is 43.3 Å². The molecule has 2 amide bonds. The molecule has 2 N–H and O–H groups in total. The molecule has 0 saturated heterocycles. The Bertz CT molecular complexity index is 1030. The van der Waals surface area contributed by atoms with Crippen molar-refractivity contribution in [1.82, 2.24) is 15.0 Å². The third-order valence-electron chi connectivity index (χ3n) is 3.79. The standard InChI is InChI=1S/C20H19N5O4/c1-13-19(24-25(23-13)17-6-4-3-5-7-17)20(28)29-12-18(27)22-16-10-8-15(9-11-16)21-14(2)26/h3-11H,12H2,1-2H3,(H,21,26)(H,22,27). The van der Waals surface area contributed by atoms with Crippen LogP contribution < -0.4 is 10.6 Å². The van der Waals surface area contributed by atoms with Crippen LogP contribution in [0.25, 0.3) is 5.69 Å². The summed E-state index contributed by atoms with van der Waals surface area (Å²) in [4.78, 5) is 36.6. The fourth-order valence-electron chi connectivity index (χ4n) is 2.48. The molecule has 9 heteroatoms. The third-order valence-corrected chi connectivity index (χ3v) is 3.79. The Morgan fingerprint density at radius 1 is 0.931 bits per heavy atom. The van der Waals surface area contributed by atoms with E-state index in [9.17, 15) is 14.4 Å². The van der Waals surface area contributed by atoms with E-state index in [-0.39, 0.29) is 11.6 Å². The van der Waals surface area contributed by atoms with Crippen molar-refractivity contribution in [3.63, 3.8) is 0 Å². The zero-order valence-corrected chi connectivity index (χ0v) is 15.9. The lowest BCUT2D eigenvalue weighted by atomic mass is 10.2. The Labute approximate surface area is 166 Å². The second-order valence-corrected chi connectivity index (χ2v) is 6.14. The molecule has 0 fully saturated rings. The highest BCUT2D eigenvalue weighted by atomic mass is 16.5. The number of anilines is 2. The monoisotopic (exact) mass is 393 g/mol. The summed E-state index contributed by atoms with van der Waals surface area (Å²) in [5.41, 5.74) is 2.26. The van der Waals surface area contributed by atoms with Crippen molar-refractivity contribution in [1.29, 1.82) is 0 Å². The van der Waals surface area contributed by atoms with Crippen LogP contribution in [0.4, 0.5) is 11.4 Å². The van der Waals surface area contributed by atoms with Crippen LogP contribution in [0.5, 0.6) is 0 Å². The zero-order valence-electron chi connectivity index (χ0n) is 15.9. The van der Waals surface area contributed by atoms with Gasteiger partial charge in [0.2, 0.25) is 5.91 Å². The van der Waals surface area contributed by atoms with Gasteiger partial charge in [0, 0.05) is 18.3 Å². The molecule has 148 valence electrons. The number of ether oxygens (including phenoxy) is 1. The van der Waals surface area contributed by atoms with Gasteiger partial charge in [-0.15, -0.1) is 5.10 Å². The van der Waals surface area contributed by atoms with Gasteiger partial charge in [-0.2, -0.15) is 9.90 Å². The van der Waals surface area contributed by atoms with Gasteiger partial charge in [0.15, 0.2) is 12.3 Å². The lowest BCUT2D eigenvalue weighted by Crippen LogP contribution is -2.21. The van der Waals surface area contributed by atoms with Crippen molar-refractivity contribution >= 4 is 29.2 Å². The SMILES string of the molecule is CC(=O)Nc1ccc(NC(=O)COC(=O)c2nn(-c3ccccc3)nc2C)cc1. The van der Waals surface area contributed by atoms with Crippen LogP contribution in [0.1, 0.15) is 23.1 Å². The summed E-state index contributed by atoms with van der Waals surface area (Å²) in [6.45, 7) is 2.58. The lowest BCUT2D eigenvalue weighted by Gasteiger charge is -2.07. The topological polar surface area (TPSA) is 115 Å². The van der Waals surface area contributed by atoms with Gasteiger partial charge in [-0.1, -0.05) is 18.2 Å². The van der Waals surface area contributed by atoms with Crippen LogP contribution >= 0.6 is 0 Å². The Balaban J connectivity index is 1.56. The Kier molecular flexibility index (Phi) is 5.98. The summed E-state index contributed by atoms with van der Waals surface area (Å²) in [6.07, 6.45) is 0. The fraction of sp³-hybridized carbons (Fsp3) is 0.150. The number of nitrogens with zero attached hydrogens (tertiary/aromatic N) is 3. The molecule has 0 radical (unpaired) electrons. The molecular weight excluding hydrogens is 374 g/mol. The Hall–Kier alpha value is -4.01. The summed E-state index contributed by atoms with van der Waals surface area (Å²) >= 11 is 0. The number of aromatic nitrogens is 3. The van der Waals surface area contributed by atoms with Gasteiger partial charge in [0.1, 0.15) is 0 Å². The molecule has 0 saturated carbocycles. The molecule has 1 heterocycles. The number of benzene rings is 2. The minimum Gasteiger partial charge on any atom is -0.451 e. The first-order valence-corrected chi connectivity index (χ1v) is 8.76. The molecule has 0 aliphatic heterocycles. The van der Waals surface area contributed by atoms with Crippen LogP contribution in [-0.4, -0.2) is 39.4 Å². The average molecular weight is 393 g/mol. The smallest absolute Gasteiger partial charge is 0.361 e. The molecule has 1 aromatic heterocycles. The molecular formula is C20H19N5O4. The van der Waals surface area contributed by atoms with Crippen LogP contribution in [0, 0.1) is 6.92 Å². The van der Waals surface area contributed by atoms with Crippen molar-refractivity contribution in [2.45, 2.75) is 13.8 Å². The van der Waals surface area contributed by atoms with Crippen molar-refractivity contribution in [3.8, 4) is 5.69 Å². The fourth-order valence-corrected chi connectivity index (χ4v) is 2.48. The van der Waals surface area contributed by atoms with Gasteiger partial charge in [-0.3, -0.25) is 9.59 Å². The molecule has 9 nitrogen and oxygen atoms in total. The molecule has 3 rings (SSSR count). The number of esters is 1. The number of carbonyl (C=O) groups is 3. The van der Waals surface area contributed by atoms with E-state index >= 15 is 0 Å². The van der Waals surface area contributed by atoms with Crippen molar-refractivity contribution in [2.75, 3.05) is 17.2 Å². The number of carbonyl (C=O) groups excluding carboxylic acids is 3. The normalized spacial score (nSPS) is 10.3. The van der Waals surface area contributed by atoms with Crippen LogP contribution in [-0.2, 0) is 14.3 Å². The minimum atomic E-state index is -0.735. The lowest BCUT2D eigenvalue weighted by molar-refractivity contribution is -0.119. The number of hydrogen-bond acceptors (Lipinski definition) is 6. The minimum absolute atomic E-state index is 0.0429. The van der Waals surface area contributed by atoms with E-state index in [2.05, 4.69) is 20.8 Å². The molecule has 0 atom stereocenters. The van der Waals surface area contributed by atoms with E-state index in [1.165, 1.54) is 11.7 Å². The van der Waals surface area contributed by atoms with Crippen molar-refractivity contribution in [3.05, 3.63) is 66.0 Å². The maximum atomic E-state index is 12.3. The van der Waals surface area contributed by atoms with Crippen molar-refractivity contribution in [2.24, 2.45) is 0 Å². The summed E-state index contributed by atoms with van der Waals surface area (Å²) in [6, 6.07) is 15.7. The second kappa shape index (κ2) is 8.79. The van der Waals surface area contributed by atoms with Gasteiger partial charge in [-0.25, -0.2) is 4.79 Å². The number of rotatable bonds is 6. The van der Waals surface area contributed by atoms with E-state index in [0.29, 0.717) is 22.8 Å². The summed E-state index contributed by atoms with van der Waals surface area (Å²) in [7, 11) is 0. The van der Waals surface area contributed by atoms with E-state index in [4.69, 9.17) is 4.74 Å². The van der Waals surface area contributed by atoms with Gasteiger partial charge < -0.3 is 15.4 Å². The number of para-hydroxylation sites is 1. The number of nitrogens with one attached hydrogen (secondary N) is 2. The number of amides is 2. The summed E-state index contributed by atoms with van der Waals surface area (Å²) in [5, 5.41) is 13.6. The van der Waals surface area contributed by atoms with Crippen LogP contribution in [0.15, 0.2) is 54.6 Å². The summed E-state index contributed by atoms with van der Waals surface area (Å²) in [5.74, 6) is -1.42. The highest BCUT2D eigenvalue weighted by Gasteiger charge is 2.19. The zero-order chi connectivity index (χ0) is 20.8. The van der Waals surface area contributed by atoms with Gasteiger partial charge in [0.05, 0.1) is 11.4 Å². The molecule has 0 spiro atoms. The highest BCUT2D eigenvalue weighted by molar-refractivity contribution is 5.95. The molecule has 0 unspecified atom stereocenters. The molecule has 3 aromatic rings. The molecule has 29 heavy (non-hydrogen) atoms. The van der Waals surface area contributed by atoms with Crippen LogP contribution in [0.2, 0.25) is 0 Å². The molecule has 2 aromatic carbocycles. The summed E-state index contributed by atoms with van der Waals surface area (Å²) < 4.78 is 5.04. The molecule has 0 aliphatic carbocycles. The molecule has 0 bridgehead atoms. The van der Waals surface area contributed by atoms with E-state index < -0.39 is 18.5 Å². The highest BCUT2D eigenvalue weighted by Crippen LogP contribution is 2.14. The number of aryl methyl sites for hydroxylation is 1. The predicted molar refractivity (Wildman–Crippen MR) is 106 cm³/mol. The largest absolute Gasteiger partial charge is 0.451 e. The molecule has 0 aliphatic rings. The Morgan fingerprint density at radius 2 is 1.55 bits per heavy atom. The van der Waals surface area contributed by atoms with Gasteiger partial charge in [-0.05, 0) is 43.3 Å². The first kappa shape index (κ1) is 19.7. The van der Waals surface area contributed by atoms with E-state index in [0.717, 1.165) is 0 Å². The quantitative estimate of drug-likeness (QED) is 0.621. The third kappa shape index (κ3) is 5.25. The predicted octanol–water partition coefficient (Wildman–Crippen LogP) is 2.33. The Morgan fingerprint density at radius 3 is 2.17 bits per heavy atom. The van der Waals surface area contributed by atoms with Gasteiger partial charge in [0.25, 0.3) is 5.91 Å². The maximum absolute atomic E-state index is 12.3. The van der Waals surface area contributed by atoms with Gasteiger partial charge >= 0.3 is 5.97 Å².